The summed E-state index contributed by atoms with van der Waals surface area (Å²) in [6.07, 6.45) is 0. The first kappa shape index (κ1) is 13.5. The second-order valence-electron chi connectivity index (χ2n) is 4.11. The van der Waals surface area contributed by atoms with Gasteiger partial charge in [-0.15, -0.1) is 0 Å². The molecule has 6 nitrogen and oxygen atoms in total. The number of nitrogens with two attached hydrogens (primary N) is 1. The van der Waals surface area contributed by atoms with E-state index in [1.807, 2.05) is 24.3 Å². The van der Waals surface area contributed by atoms with Crippen molar-refractivity contribution in [2.24, 2.45) is 0 Å². The molecule has 0 aliphatic carbocycles. The highest BCUT2D eigenvalue weighted by Crippen LogP contribution is 2.20. The Labute approximate surface area is 112 Å². The third kappa shape index (κ3) is 3.31. The molecule has 0 fully saturated rings. The first-order chi connectivity index (χ1) is 9.02. The summed E-state index contributed by atoms with van der Waals surface area (Å²) in [4.78, 5) is 8.23. The molecule has 2 rings (SSSR count). The van der Waals surface area contributed by atoms with Crippen LogP contribution < -0.4 is 11.1 Å². The highest BCUT2D eigenvalue weighted by Gasteiger charge is 2.09. The molecule has 0 spiro atoms. The molecule has 7 heteroatoms. The fourth-order valence-corrected chi connectivity index (χ4v) is 2.40. The molecule has 0 saturated heterocycles. The highest BCUT2D eigenvalue weighted by molar-refractivity contribution is 7.91. The molecule has 0 bridgehead atoms. The van der Waals surface area contributed by atoms with E-state index in [0.717, 1.165) is 10.9 Å². The van der Waals surface area contributed by atoms with Crippen molar-refractivity contribution >= 4 is 32.5 Å². The van der Waals surface area contributed by atoms with Crippen molar-refractivity contribution in [3.63, 3.8) is 0 Å². The van der Waals surface area contributed by atoms with Crippen LogP contribution in [0, 0.1) is 0 Å². The average molecular weight is 280 g/mol. The lowest BCUT2D eigenvalue weighted by Gasteiger charge is -2.09. The van der Waals surface area contributed by atoms with Crippen LogP contribution in [0.5, 0.6) is 0 Å². The Balaban J connectivity index is 2.21. The zero-order chi connectivity index (χ0) is 13.9. The Kier molecular flexibility index (Phi) is 3.84. The van der Waals surface area contributed by atoms with E-state index in [1.165, 1.54) is 0 Å². The smallest absolute Gasteiger partial charge is 0.222 e. The number of benzene rings is 1. The van der Waals surface area contributed by atoms with E-state index in [0.29, 0.717) is 12.4 Å². The van der Waals surface area contributed by atoms with Crippen molar-refractivity contribution in [3.05, 3.63) is 24.3 Å². The van der Waals surface area contributed by atoms with Gasteiger partial charge >= 0.3 is 0 Å². The molecule has 0 aliphatic rings. The summed E-state index contributed by atoms with van der Waals surface area (Å²) in [5, 5.41) is 3.83. The minimum Gasteiger partial charge on any atom is -0.368 e. The lowest BCUT2D eigenvalue weighted by molar-refractivity contribution is 0.597. The zero-order valence-electron chi connectivity index (χ0n) is 10.6. The van der Waals surface area contributed by atoms with Gasteiger partial charge in [0.05, 0.1) is 11.3 Å². The Morgan fingerprint density at radius 1 is 1.26 bits per heavy atom. The van der Waals surface area contributed by atoms with Gasteiger partial charge in [-0.25, -0.2) is 13.4 Å². The Hall–Kier alpha value is -1.89. The maximum Gasteiger partial charge on any atom is 0.222 e. The molecule has 0 radical (unpaired) electrons. The van der Waals surface area contributed by atoms with E-state index in [4.69, 9.17) is 5.73 Å². The van der Waals surface area contributed by atoms with Gasteiger partial charge in [-0.1, -0.05) is 19.1 Å². The molecule has 0 saturated carbocycles. The molecule has 19 heavy (non-hydrogen) atoms. The van der Waals surface area contributed by atoms with Gasteiger partial charge in [0.1, 0.15) is 5.82 Å². The molecule has 3 N–H and O–H groups in total. The summed E-state index contributed by atoms with van der Waals surface area (Å²) in [5.74, 6) is 0.942. The number of nitrogens with zero attached hydrogens (tertiary/aromatic N) is 2. The van der Waals surface area contributed by atoms with E-state index in [2.05, 4.69) is 15.3 Å². The second-order valence-corrected chi connectivity index (χ2v) is 6.58. The summed E-state index contributed by atoms with van der Waals surface area (Å²) in [5.41, 5.74) is 6.36. The number of nitrogens with one attached hydrogen (secondary N) is 1. The van der Waals surface area contributed by atoms with Crippen LogP contribution in [0.3, 0.4) is 0 Å². The topological polar surface area (TPSA) is 98.0 Å². The molecule has 0 unspecified atom stereocenters. The van der Waals surface area contributed by atoms with Crippen LogP contribution in [0.25, 0.3) is 10.9 Å². The largest absolute Gasteiger partial charge is 0.368 e. The summed E-state index contributed by atoms with van der Waals surface area (Å²) in [7, 11) is -2.99. The Morgan fingerprint density at radius 3 is 2.74 bits per heavy atom. The summed E-state index contributed by atoms with van der Waals surface area (Å²) < 4.78 is 22.8. The van der Waals surface area contributed by atoms with E-state index in [-0.39, 0.29) is 17.5 Å². The van der Waals surface area contributed by atoms with Crippen LogP contribution >= 0.6 is 0 Å². The molecule has 0 atom stereocenters. The highest BCUT2D eigenvalue weighted by atomic mass is 32.2. The number of nitrogen functional groups attached to an aromatic ring is 1. The van der Waals surface area contributed by atoms with Crippen molar-refractivity contribution in [2.45, 2.75) is 6.92 Å². The van der Waals surface area contributed by atoms with Gasteiger partial charge in [0.15, 0.2) is 9.84 Å². The predicted molar refractivity (Wildman–Crippen MR) is 76.8 cm³/mol. The number of fused-ring (bicyclic) bond motifs is 1. The fourth-order valence-electron chi connectivity index (χ4n) is 1.70. The van der Waals surface area contributed by atoms with Crippen molar-refractivity contribution in [3.8, 4) is 0 Å². The van der Waals surface area contributed by atoms with Crippen LogP contribution in [-0.4, -0.2) is 36.4 Å². The molecule has 1 heterocycles. The monoisotopic (exact) mass is 280 g/mol. The second kappa shape index (κ2) is 5.40. The SMILES string of the molecule is CCS(=O)(=O)CCNc1nc(N)nc2ccccc12. The van der Waals surface area contributed by atoms with Gasteiger partial charge in [-0.3, -0.25) is 0 Å². The van der Waals surface area contributed by atoms with Crippen molar-refractivity contribution < 1.29 is 8.42 Å². The van der Waals surface area contributed by atoms with Crippen molar-refractivity contribution in [2.75, 3.05) is 29.1 Å². The first-order valence-corrected chi connectivity index (χ1v) is 7.80. The van der Waals surface area contributed by atoms with Gasteiger partial charge in [0.2, 0.25) is 5.95 Å². The normalized spacial score (nSPS) is 11.6. The van der Waals surface area contributed by atoms with E-state index in [1.54, 1.807) is 6.92 Å². The van der Waals surface area contributed by atoms with Crippen LogP contribution in [0.2, 0.25) is 0 Å². The minimum absolute atomic E-state index is 0.0712. The molecule has 1 aromatic carbocycles. The predicted octanol–water partition coefficient (Wildman–Crippen LogP) is 1.06. The molecule has 2 aromatic rings. The Morgan fingerprint density at radius 2 is 2.00 bits per heavy atom. The lowest BCUT2D eigenvalue weighted by atomic mass is 10.2. The van der Waals surface area contributed by atoms with Crippen molar-refractivity contribution in [1.82, 2.24) is 9.97 Å². The number of anilines is 2. The maximum atomic E-state index is 11.4. The van der Waals surface area contributed by atoms with Crippen LogP contribution in [-0.2, 0) is 9.84 Å². The quantitative estimate of drug-likeness (QED) is 0.849. The van der Waals surface area contributed by atoms with E-state index >= 15 is 0 Å². The summed E-state index contributed by atoms with van der Waals surface area (Å²) in [6.45, 7) is 1.93. The number of sulfone groups is 1. The average Bonchev–Trinajstić information content (AvgIpc) is 2.38. The van der Waals surface area contributed by atoms with Gasteiger partial charge in [0, 0.05) is 17.7 Å². The zero-order valence-corrected chi connectivity index (χ0v) is 11.4. The standard InChI is InChI=1S/C12H16N4O2S/c1-2-19(17,18)8-7-14-11-9-5-3-4-6-10(9)15-12(13)16-11/h3-6H,2,7-8H2,1H3,(H3,13,14,15,16). The Bertz CT molecular complexity index is 685. The number of hydrogen-bond acceptors (Lipinski definition) is 6. The third-order valence-corrected chi connectivity index (χ3v) is 4.47. The first-order valence-electron chi connectivity index (χ1n) is 5.98. The third-order valence-electron chi connectivity index (χ3n) is 2.77. The summed E-state index contributed by atoms with van der Waals surface area (Å²) >= 11 is 0. The van der Waals surface area contributed by atoms with Crippen LogP contribution in [0.1, 0.15) is 6.92 Å². The van der Waals surface area contributed by atoms with Gasteiger partial charge < -0.3 is 11.1 Å². The fraction of sp³-hybridized carbons (Fsp3) is 0.333. The number of rotatable bonds is 5. The number of hydrogen-bond donors (Lipinski definition) is 2. The molecule has 0 amide bonds. The van der Waals surface area contributed by atoms with E-state index < -0.39 is 9.84 Å². The summed E-state index contributed by atoms with van der Waals surface area (Å²) in [6, 6.07) is 7.43. The van der Waals surface area contributed by atoms with Crippen molar-refractivity contribution in [1.29, 1.82) is 0 Å². The number of aromatic nitrogens is 2. The molecular formula is C12H16N4O2S. The molecule has 1 aromatic heterocycles. The molecular weight excluding hydrogens is 264 g/mol. The molecule has 0 aliphatic heterocycles. The van der Waals surface area contributed by atoms with Gasteiger partial charge in [0.25, 0.3) is 0 Å². The number of para-hydroxylation sites is 1. The van der Waals surface area contributed by atoms with Gasteiger partial charge in [-0.2, -0.15) is 4.98 Å². The lowest BCUT2D eigenvalue weighted by Crippen LogP contribution is -2.18. The molecule has 102 valence electrons. The van der Waals surface area contributed by atoms with E-state index in [9.17, 15) is 8.42 Å². The maximum absolute atomic E-state index is 11.4. The van der Waals surface area contributed by atoms with Gasteiger partial charge in [-0.05, 0) is 12.1 Å². The minimum atomic E-state index is -2.99. The van der Waals surface area contributed by atoms with Crippen LogP contribution in [0.15, 0.2) is 24.3 Å². The van der Waals surface area contributed by atoms with Crippen LogP contribution in [0.4, 0.5) is 11.8 Å².